The Hall–Kier alpha value is -0.330. The first kappa shape index (κ1) is 16.7. The molecule has 7 heteroatoms. The number of nitrogens with zero attached hydrogens (tertiary/aromatic N) is 1. The third kappa shape index (κ3) is 4.33. The molecule has 0 radical (unpaired) electrons. The Labute approximate surface area is 124 Å². The summed E-state index contributed by atoms with van der Waals surface area (Å²) in [4.78, 5) is 0. The normalized spacial score (nSPS) is 14.1. The third-order valence-electron chi connectivity index (χ3n) is 2.86. The van der Waals surface area contributed by atoms with Crippen molar-refractivity contribution in [3.8, 4) is 0 Å². The molecule has 1 unspecified atom stereocenters. The van der Waals surface area contributed by atoms with Crippen LogP contribution in [0.15, 0.2) is 18.2 Å². The minimum absolute atomic E-state index is 0.120. The van der Waals surface area contributed by atoms with Gasteiger partial charge in [0.25, 0.3) is 10.2 Å². The molecular formula is C12H18Cl2N2O2S. The van der Waals surface area contributed by atoms with Gasteiger partial charge in [0.1, 0.15) is 0 Å². The Morgan fingerprint density at radius 3 is 2.26 bits per heavy atom. The molecule has 1 aromatic carbocycles. The van der Waals surface area contributed by atoms with Crippen molar-refractivity contribution < 1.29 is 8.42 Å². The lowest BCUT2D eigenvalue weighted by Gasteiger charge is -2.24. The van der Waals surface area contributed by atoms with Crippen LogP contribution in [0, 0.1) is 0 Å². The van der Waals surface area contributed by atoms with Crippen LogP contribution in [0.5, 0.6) is 0 Å². The largest absolute Gasteiger partial charge is 0.279 e. The van der Waals surface area contributed by atoms with E-state index < -0.39 is 16.3 Å². The third-order valence-corrected chi connectivity index (χ3v) is 5.25. The van der Waals surface area contributed by atoms with Crippen molar-refractivity contribution in [2.24, 2.45) is 0 Å². The molecule has 19 heavy (non-hydrogen) atoms. The van der Waals surface area contributed by atoms with E-state index in [1.807, 2.05) is 0 Å². The summed E-state index contributed by atoms with van der Waals surface area (Å²) in [5.41, 5.74) is 0.687. The van der Waals surface area contributed by atoms with Gasteiger partial charge in [-0.05, 0) is 38.5 Å². The average Bonchev–Trinajstić information content (AvgIpc) is 2.26. The maximum absolute atomic E-state index is 12.1. The summed E-state index contributed by atoms with van der Waals surface area (Å²) in [5.74, 6) is 0. The molecule has 0 heterocycles. The molecule has 0 bridgehead atoms. The highest BCUT2D eigenvalue weighted by Crippen LogP contribution is 2.26. The van der Waals surface area contributed by atoms with E-state index in [0.717, 1.165) is 0 Å². The number of hydrogen-bond donors (Lipinski definition) is 1. The van der Waals surface area contributed by atoms with E-state index in [1.165, 1.54) is 11.4 Å². The molecule has 0 saturated heterocycles. The van der Waals surface area contributed by atoms with Gasteiger partial charge in [-0.15, -0.1) is 0 Å². The van der Waals surface area contributed by atoms with Crippen molar-refractivity contribution in [1.29, 1.82) is 0 Å². The molecule has 4 nitrogen and oxygen atoms in total. The van der Waals surface area contributed by atoms with E-state index in [9.17, 15) is 8.42 Å². The zero-order chi connectivity index (χ0) is 14.8. The standard InChI is InChI=1S/C12H18Cl2N2O2S/c1-8(2)16(4)19(17,18)15-9(3)11-6-5-10(13)7-12(11)14/h5-9,15H,1-4H3. The van der Waals surface area contributed by atoms with E-state index >= 15 is 0 Å². The van der Waals surface area contributed by atoms with Gasteiger partial charge in [-0.2, -0.15) is 17.4 Å². The predicted octanol–water partition coefficient (Wildman–Crippen LogP) is 3.23. The first-order chi connectivity index (χ1) is 8.65. The minimum Gasteiger partial charge on any atom is -0.195 e. The van der Waals surface area contributed by atoms with E-state index in [1.54, 1.807) is 39.0 Å². The second-order valence-electron chi connectivity index (χ2n) is 4.62. The average molecular weight is 325 g/mol. The van der Waals surface area contributed by atoms with Gasteiger partial charge in [0.15, 0.2) is 0 Å². The van der Waals surface area contributed by atoms with Crippen molar-refractivity contribution in [3.63, 3.8) is 0 Å². The molecule has 0 fully saturated rings. The Kier molecular flexibility index (Phi) is 5.65. The lowest BCUT2D eigenvalue weighted by molar-refractivity contribution is 0.398. The zero-order valence-electron chi connectivity index (χ0n) is 11.3. The van der Waals surface area contributed by atoms with Crippen molar-refractivity contribution in [2.75, 3.05) is 7.05 Å². The lowest BCUT2D eigenvalue weighted by atomic mass is 10.1. The number of benzene rings is 1. The quantitative estimate of drug-likeness (QED) is 0.903. The van der Waals surface area contributed by atoms with Crippen molar-refractivity contribution in [2.45, 2.75) is 32.9 Å². The molecule has 0 aliphatic carbocycles. The van der Waals surface area contributed by atoms with Crippen molar-refractivity contribution in [1.82, 2.24) is 9.03 Å². The molecular weight excluding hydrogens is 307 g/mol. The second-order valence-corrected chi connectivity index (χ2v) is 7.23. The Morgan fingerprint density at radius 1 is 1.21 bits per heavy atom. The van der Waals surface area contributed by atoms with Gasteiger partial charge in [0, 0.05) is 29.2 Å². The van der Waals surface area contributed by atoms with Gasteiger partial charge >= 0.3 is 0 Å². The molecule has 1 aromatic rings. The van der Waals surface area contributed by atoms with E-state index in [-0.39, 0.29) is 6.04 Å². The number of halogens is 2. The van der Waals surface area contributed by atoms with Crippen LogP contribution in [0.3, 0.4) is 0 Å². The summed E-state index contributed by atoms with van der Waals surface area (Å²) in [6, 6.07) is 4.43. The van der Waals surface area contributed by atoms with E-state index in [0.29, 0.717) is 15.6 Å². The highest BCUT2D eigenvalue weighted by molar-refractivity contribution is 7.87. The smallest absolute Gasteiger partial charge is 0.195 e. The van der Waals surface area contributed by atoms with Crippen LogP contribution in [0.2, 0.25) is 10.0 Å². The first-order valence-electron chi connectivity index (χ1n) is 5.85. The van der Waals surface area contributed by atoms with Gasteiger partial charge < -0.3 is 0 Å². The maximum Gasteiger partial charge on any atom is 0.279 e. The fraction of sp³-hybridized carbons (Fsp3) is 0.500. The van der Waals surface area contributed by atoms with Crippen LogP contribution >= 0.6 is 23.2 Å². The fourth-order valence-electron chi connectivity index (χ4n) is 1.50. The summed E-state index contributed by atoms with van der Waals surface area (Å²) in [5, 5.41) is 0.956. The van der Waals surface area contributed by atoms with Gasteiger partial charge in [-0.3, -0.25) is 0 Å². The first-order valence-corrected chi connectivity index (χ1v) is 8.05. The Bertz CT molecular complexity index is 547. The molecule has 0 amide bonds. The van der Waals surface area contributed by atoms with Crippen LogP contribution in [0.4, 0.5) is 0 Å². The van der Waals surface area contributed by atoms with E-state index in [2.05, 4.69) is 4.72 Å². The molecule has 0 aromatic heterocycles. The molecule has 108 valence electrons. The predicted molar refractivity (Wildman–Crippen MR) is 79.8 cm³/mol. The van der Waals surface area contributed by atoms with Gasteiger partial charge in [-0.25, -0.2) is 0 Å². The monoisotopic (exact) mass is 324 g/mol. The summed E-state index contributed by atoms with van der Waals surface area (Å²) in [7, 11) is -2.01. The summed E-state index contributed by atoms with van der Waals surface area (Å²) < 4.78 is 28.0. The van der Waals surface area contributed by atoms with Crippen LogP contribution in [0.1, 0.15) is 32.4 Å². The van der Waals surface area contributed by atoms with Crippen LogP contribution in [-0.2, 0) is 10.2 Å². The SMILES string of the molecule is CC(NS(=O)(=O)N(C)C(C)C)c1ccc(Cl)cc1Cl. The van der Waals surface area contributed by atoms with Crippen molar-refractivity contribution in [3.05, 3.63) is 33.8 Å². The van der Waals surface area contributed by atoms with Gasteiger partial charge in [-0.1, -0.05) is 29.3 Å². The Balaban J connectivity index is 2.94. The molecule has 0 saturated carbocycles. The molecule has 0 spiro atoms. The molecule has 0 aliphatic heterocycles. The lowest BCUT2D eigenvalue weighted by Crippen LogP contribution is -2.42. The summed E-state index contributed by atoms with van der Waals surface area (Å²) in [6.07, 6.45) is 0. The molecule has 0 aliphatic rings. The summed E-state index contributed by atoms with van der Waals surface area (Å²) in [6.45, 7) is 5.35. The highest BCUT2D eigenvalue weighted by atomic mass is 35.5. The van der Waals surface area contributed by atoms with Crippen LogP contribution < -0.4 is 4.72 Å². The van der Waals surface area contributed by atoms with Gasteiger partial charge in [0.05, 0.1) is 0 Å². The topological polar surface area (TPSA) is 49.4 Å². The minimum atomic E-state index is -3.54. The summed E-state index contributed by atoms with van der Waals surface area (Å²) >= 11 is 11.9. The number of rotatable bonds is 5. The van der Waals surface area contributed by atoms with Gasteiger partial charge in [0.2, 0.25) is 0 Å². The van der Waals surface area contributed by atoms with Crippen LogP contribution in [-0.4, -0.2) is 25.8 Å². The molecule has 1 N–H and O–H groups in total. The van der Waals surface area contributed by atoms with E-state index in [4.69, 9.17) is 23.2 Å². The zero-order valence-corrected chi connectivity index (χ0v) is 13.6. The Morgan fingerprint density at radius 2 is 1.79 bits per heavy atom. The highest BCUT2D eigenvalue weighted by Gasteiger charge is 2.23. The molecule has 1 atom stereocenters. The second kappa shape index (κ2) is 6.41. The number of nitrogens with one attached hydrogen (secondary N) is 1. The van der Waals surface area contributed by atoms with Crippen molar-refractivity contribution >= 4 is 33.4 Å². The maximum atomic E-state index is 12.1. The molecule has 1 rings (SSSR count). The number of hydrogen-bond acceptors (Lipinski definition) is 2. The van der Waals surface area contributed by atoms with Crippen LogP contribution in [0.25, 0.3) is 0 Å². The fourth-order valence-corrected chi connectivity index (χ4v) is 3.37.